The lowest BCUT2D eigenvalue weighted by Crippen LogP contribution is -2.50. The Kier molecular flexibility index (Phi) is 4.68. The van der Waals surface area contributed by atoms with Crippen LogP contribution in [0.2, 0.25) is 0 Å². The van der Waals surface area contributed by atoms with E-state index in [1.165, 1.54) is 6.42 Å². The number of nitrogens with zero attached hydrogens (tertiary/aromatic N) is 1. The molecule has 2 heterocycles. The summed E-state index contributed by atoms with van der Waals surface area (Å²) in [7, 11) is 3.47. The van der Waals surface area contributed by atoms with Crippen LogP contribution in [0.4, 0.5) is 0 Å². The molecule has 114 valence electrons. The normalized spacial score (nSPS) is 29.6. The molecule has 2 aliphatic heterocycles. The van der Waals surface area contributed by atoms with Crippen LogP contribution in [0.25, 0.3) is 0 Å². The predicted octanol–water partition coefficient (Wildman–Crippen LogP) is 0.746. The van der Waals surface area contributed by atoms with Crippen molar-refractivity contribution in [2.75, 3.05) is 14.1 Å². The largest absolute Gasteiger partial charge is 0.347 e. The second-order valence-electron chi connectivity index (χ2n) is 6.81. The summed E-state index contributed by atoms with van der Waals surface area (Å²) in [4.78, 5) is 26.2. The Balaban J connectivity index is 1.96. The Morgan fingerprint density at radius 2 is 2.00 bits per heavy atom. The Bertz CT molecular complexity index is 381. The predicted molar refractivity (Wildman–Crippen MR) is 78.1 cm³/mol. The fraction of sp³-hybridized carbons (Fsp3) is 0.867. The molecule has 5 heteroatoms. The molecule has 2 bridgehead atoms. The van der Waals surface area contributed by atoms with Crippen molar-refractivity contribution in [3.63, 3.8) is 0 Å². The number of amides is 2. The molecule has 4 unspecified atom stereocenters. The van der Waals surface area contributed by atoms with E-state index in [4.69, 9.17) is 0 Å². The number of likely N-dealkylation sites (N-methyl/N-ethyl adjacent to an activating group) is 1. The van der Waals surface area contributed by atoms with Gasteiger partial charge in [-0.1, -0.05) is 13.8 Å². The molecule has 2 rings (SSSR count). The highest BCUT2D eigenvalue weighted by molar-refractivity contribution is 5.88. The van der Waals surface area contributed by atoms with Crippen LogP contribution >= 0.6 is 0 Å². The quantitative estimate of drug-likeness (QED) is 0.781. The third kappa shape index (κ3) is 3.32. The maximum Gasteiger partial charge on any atom is 0.244 e. The highest BCUT2D eigenvalue weighted by atomic mass is 16.2. The van der Waals surface area contributed by atoms with Gasteiger partial charge >= 0.3 is 0 Å². The van der Waals surface area contributed by atoms with E-state index in [1.807, 2.05) is 0 Å². The zero-order valence-electron chi connectivity index (χ0n) is 13.0. The third-order valence-electron chi connectivity index (χ3n) is 4.40. The fourth-order valence-corrected chi connectivity index (χ4v) is 3.40. The van der Waals surface area contributed by atoms with Crippen molar-refractivity contribution in [2.24, 2.45) is 11.8 Å². The molecule has 5 nitrogen and oxygen atoms in total. The Morgan fingerprint density at radius 3 is 2.45 bits per heavy atom. The summed E-state index contributed by atoms with van der Waals surface area (Å²) in [5, 5.41) is 6.45. The van der Waals surface area contributed by atoms with E-state index in [-0.39, 0.29) is 17.7 Å². The van der Waals surface area contributed by atoms with Crippen molar-refractivity contribution < 1.29 is 9.59 Å². The lowest BCUT2D eigenvalue weighted by Gasteiger charge is -2.26. The minimum absolute atomic E-state index is 0.0110. The average molecular weight is 281 g/mol. The summed E-state index contributed by atoms with van der Waals surface area (Å²) >= 11 is 0. The van der Waals surface area contributed by atoms with Gasteiger partial charge in [-0.15, -0.1) is 0 Å². The van der Waals surface area contributed by atoms with Crippen LogP contribution in [0.1, 0.15) is 39.5 Å². The van der Waals surface area contributed by atoms with Crippen molar-refractivity contribution in [3.8, 4) is 0 Å². The molecule has 4 atom stereocenters. The second kappa shape index (κ2) is 6.12. The first-order valence-corrected chi connectivity index (χ1v) is 7.66. The SMILES string of the molecule is CC(C)CC(NC(=O)C1CC2CCC1N2)C(=O)N(C)C. The first kappa shape index (κ1) is 15.3. The number of carbonyl (C=O) groups is 2. The van der Waals surface area contributed by atoms with Gasteiger partial charge in [0.15, 0.2) is 0 Å². The summed E-state index contributed by atoms with van der Waals surface area (Å²) in [6.45, 7) is 4.14. The minimum atomic E-state index is -0.392. The number of carbonyl (C=O) groups excluding carboxylic acids is 2. The first-order valence-electron chi connectivity index (χ1n) is 7.66. The number of hydrogen-bond donors (Lipinski definition) is 2. The molecule has 2 N–H and O–H groups in total. The van der Waals surface area contributed by atoms with Gasteiger partial charge in [0.25, 0.3) is 0 Å². The van der Waals surface area contributed by atoms with Crippen LogP contribution in [-0.2, 0) is 9.59 Å². The van der Waals surface area contributed by atoms with Crippen LogP contribution < -0.4 is 10.6 Å². The topological polar surface area (TPSA) is 61.4 Å². The maximum atomic E-state index is 12.4. The van der Waals surface area contributed by atoms with Gasteiger partial charge in [-0.05, 0) is 31.6 Å². The van der Waals surface area contributed by atoms with Gasteiger partial charge in [-0.25, -0.2) is 0 Å². The molecule has 2 fully saturated rings. The monoisotopic (exact) mass is 281 g/mol. The molecule has 0 spiro atoms. The second-order valence-corrected chi connectivity index (χ2v) is 6.81. The van der Waals surface area contributed by atoms with Crippen LogP contribution in [0.3, 0.4) is 0 Å². The molecule has 0 aromatic rings. The number of rotatable bonds is 5. The zero-order chi connectivity index (χ0) is 14.9. The molecule has 0 aromatic heterocycles. The van der Waals surface area contributed by atoms with Crippen LogP contribution in [-0.4, -0.2) is 48.9 Å². The molecule has 2 amide bonds. The summed E-state index contributed by atoms with van der Waals surface area (Å²) in [5.41, 5.74) is 0. The Morgan fingerprint density at radius 1 is 1.30 bits per heavy atom. The fourth-order valence-electron chi connectivity index (χ4n) is 3.40. The average Bonchev–Trinajstić information content (AvgIpc) is 2.98. The van der Waals surface area contributed by atoms with Gasteiger partial charge in [0.2, 0.25) is 11.8 Å². The third-order valence-corrected chi connectivity index (χ3v) is 4.40. The standard InChI is InChI=1S/C15H27N3O2/c1-9(2)7-13(15(20)18(3)4)17-14(19)11-8-10-5-6-12(11)16-10/h9-13,16H,5-8H2,1-4H3,(H,17,19). The number of hydrogen-bond acceptors (Lipinski definition) is 3. The smallest absolute Gasteiger partial charge is 0.244 e. The van der Waals surface area contributed by atoms with E-state index in [0.717, 1.165) is 12.8 Å². The minimum Gasteiger partial charge on any atom is -0.347 e. The van der Waals surface area contributed by atoms with Crippen LogP contribution in [0.5, 0.6) is 0 Å². The summed E-state index contributed by atoms with van der Waals surface area (Å²) < 4.78 is 0. The van der Waals surface area contributed by atoms with Crippen molar-refractivity contribution >= 4 is 11.8 Å². The van der Waals surface area contributed by atoms with Gasteiger partial charge in [0, 0.05) is 26.2 Å². The molecule has 0 radical (unpaired) electrons. The van der Waals surface area contributed by atoms with Gasteiger partial charge in [-0.3, -0.25) is 9.59 Å². The molecule has 2 aliphatic rings. The lowest BCUT2D eigenvalue weighted by molar-refractivity contribution is -0.136. The molecule has 20 heavy (non-hydrogen) atoms. The van der Waals surface area contributed by atoms with Gasteiger partial charge in [0.05, 0.1) is 5.92 Å². The van der Waals surface area contributed by atoms with E-state index in [0.29, 0.717) is 24.4 Å². The Labute approximate surface area is 121 Å². The van der Waals surface area contributed by atoms with Crippen molar-refractivity contribution in [2.45, 2.75) is 57.7 Å². The molecule has 2 saturated heterocycles. The van der Waals surface area contributed by atoms with Crippen molar-refractivity contribution in [3.05, 3.63) is 0 Å². The molecular formula is C15H27N3O2. The maximum absolute atomic E-state index is 12.4. The number of nitrogens with one attached hydrogen (secondary N) is 2. The first-order chi connectivity index (χ1) is 9.38. The van der Waals surface area contributed by atoms with Gasteiger partial charge in [-0.2, -0.15) is 0 Å². The number of fused-ring (bicyclic) bond motifs is 2. The van der Waals surface area contributed by atoms with Gasteiger partial charge in [0.1, 0.15) is 6.04 Å². The van der Waals surface area contributed by atoms with E-state index >= 15 is 0 Å². The van der Waals surface area contributed by atoms with E-state index in [1.54, 1.807) is 19.0 Å². The summed E-state index contributed by atoms with van der Waals surface area (Å²) in [6.07, 6.45) is 3.87. The van der Waals surface area contributed by atoms with E-state index < -0.39 is 6.04 Å². The molecular weight excluding hydrogens is 254 g/mol. The van der Waals surface area contributed by atoms with Crippen molar-refractivity contribution in [1.29, 1.82) is 0 Å². The molecule has 0 aliphatic carbocycles. The van der Waals surface area contributed by atoms with Crippen molar-refractivity contribution in [1.82, 2.24) is 15.5 Å². The highest BCUT2D eigenvalue weighted by Crippen LogP contribution is 2.33. The van der Waals surface area contributed by atoms with Crippen LogP contribution in [0.15, 0.2) is 0 Å². The molecule has 0 saturated carbocycles. The van der Waals surface area contributed by atoms with Crippen LogP contribution in [0, 0.1) is 11.8 Å². The van der Waals surface area contributed by atoms with Gasteiger partial charge < -0.3 is 15.5 Å². The molecule has 0 aromatic carbocycles. The highest BCUT2D eigenvalue weighted by Gasteiger charge is 2.43. The zero-order valence-corrected chi connectivity index (χ0v) is 13.0. The Hall–Kier alpha value is -1.10. The van der Waals surface area contributed by atoms with E-state index in [2.05, 4.69) is 24.5 Å². The summed E-state index contributed by atoms with van der Waals surface area (Å²) in [6, 6.07) is 0.426. The lowest BCUT2D eigenvalue weighted by atomic mass is 9.88. The summed E-state index contributed by atoms with van der Waals surface area (Å²) in [5.74, 6) is 0.453. The van der Waals surface area contributed by atoms with E-state index in [9.17, 15) is 9.59 Å².